The van der Waals surface area contributed by atoms with Gasteiger partial charge in [0.05, 0.1) is 12.2 Å². The molecule has 0 bridgehead atoms. The van der Waals surface area contributed by atoms with Crippen LogP contribution in [0.1, 0.15) is 71.7 Å². The Morgan fingerprint density at radius 1 is 1.36 bits per heavy atom. The van der Waals surface area contributed by atoms with Gasteiger partial charge in [-0.05, 0) is 25.8 Å². The van der Waals surface area contributed by atoms with E-state index >= 15 is 0 Å². The summed E-state index contributed by atoms with van der Waals surface area (Å²) in [5.41, 5.74) is -2.12. The van der Waals surface area contributed by atoms with Crippen molar-refractivity contribution in [2.75, 3.05) is 6.54 Å². The average Bonchev–Trinajstić information content (AvgIpc) is 3.23. The minimum Gasteiger partial charge on any atom is -0.375 e. The molecule has 4 rings (SSSR count). The number of hydrogen-bond acceptors (Lipinski definition) is 5. The van der Waals surface area contributed by atoms with Gasteiger partial charge in [-0.3, -0.25) is 9.48 Å². The molecule has 1 fully saturated rings. The molecule has 0 unspecified atom stereocenters. The smallest absolute Gasteiger partial charge is 0.375 e. The summed E-state index contributed by atoms with van der Waals surface area (Å²) in [6, 6.07) is 1.78. The third-order valence-electron chi connectivity index (χ3n) is 5.54. The van der Waals surface area contributed by atoms with Crippen LogP contribution in [0, 0.1) is 0 Å². The number of nitrogens with zero attached hydrogens (tertiary/aromatic N) is 4. The lowest BCUT2D eigenvalue weighted by Crippen LogP contribution is -2.42. The quantitative estimate of drug-likeness (QED) is 0.860. The summed E-state index contributed by atoms with van der Waals surface area (Å²) < 4.78 is 46.3. The monoisotopic (exact) mass is 398 g/mol. The predicted molar refractivity (Wildman–Crippen MR) is 90.5 cm³/mol. The van der Waals surface area contributed by atoms with Crippen molar-refractivity contribution < 1.29 is 27.6 Å². The molecule has 0 radical (unpaired) electrons. The van der Waals surface area contributed by atoms with Crippen LogP contribution >= 0.6 is 0 Å². The summed E-state index contributed by atoms with van der Waals surface area (Å²) >= 11 is 0. The molecule has 0 saturated heterocycles. The maximum Gasteiger partial charge on any atom is 0.422 e. The molecule has 28 heavy (non-hydrogen) atoms. The fourth-order valence-electron chi connectivity index (χ4n) is 3.68. The molecule has 152 valence electrons. The van der Waals surface area contributed by atoms with Crippen LogP contribution in [-0.2, 0) is 19.2 Å². The molecule has 3 heterocycles. The van der Waals surface area contributed by atoms with E-state index in [-0.39, 0.29) is 30.3 Å². The summed E-state index contributed by atoms with van der Waals surface area (Å²) in [5, 5.41) is 17.9. The number of amides is 1. The highest BCUT2D eigenvalue weighted by Crippen LogP contribution is 2.44. The standard InChI is InChI=1S/C18H21F3N4O3/c1-9-7-25(16(26)12-6-11(10-4-5-10)22-24(12)3)8-13-14(9)15(23-28-13)17(2,27)18(19,20)21/h6,9-10,27H,4-5,7-8H2,1-3H3/t9-,17+/m0/s1. The summed E-state index contributed by atoms with van der Waals surface area (Å²) in [6.07, 6.45) is -2.76. The number of aryl methyl sites for hydroxylation is 1. The second kappa shape index (κ2) is 6.07. The zero-order valence-corrected chi connectivity index (χ0v) is 15.7. The predicted octanol–water partition coefficient (Wildman–Crippen LogP) is 2.81. The van der Waals surface area contributed by atoms with E-state index in [0.717, 1.165) is 18.5 Å². The van der Waals surface area contributed by atoms with Crippen LogP contribution in [0.15, 0.2) is 10.6 Å². The molecule has 1 saturated carbocycles. The highest BCUT2D eigenvalue weighted by molar-refractivity contribution is 5.93. The summed E-state index contributed by atoms with van der Waals surface area (Å²) in [7, 11) is 1.70. The van der Waals surface area contributed by atoms with Crippen molar-refractivity contribution >= 4 is 5.91 Å². The van der Waals surface area contributed by atoms with E-state index < -0.39 is 23.4 Å². The first kappa shape index (κ1) is 19.0. The van der Waals surface area contributed by atoms with E-state index in [2.05, 4.69) is 10.3 Å². The molecular weight excluding hydrogens is 377 g/mol. The molecule has 2 aromatic rings. The van der Waals surface area contributed by atoms with Gasteiger partial charge in [-0.25, -0.2) is 0 Å². The van der Waals surface area contributed by atoms with Crippen LogP contribution < -0.4 is 0 Å². The third-order valence-corrected chi connectivity index (χ3v) is 5.54. The molecular formula is C18H21F3N4O3. The molecule has 10 heteroatoms. The zero-order valence-electron chi connectivity index (χ0n) is 15.7. The number of rotatable bonds is 3. The first-order valence-corrected chi connectivity index (χ1v) is 9.12. The summed E-state index contributed by atoms with van der Waals surface area (Å²) in [6.45, 7) is 2.52. The minimum absolute atomic E-state index is 0.0105. The SMILES string of the molecule is C[C@H]1CN(C(=O)c2cc(C3CC3)nn2C)Cc2onc([C@@](C)(O)C(F)(F)F)c21. The van der Waals surface area contributed by atoms with Gasteiger partial charge in [0, 0.05) is 31.0 Å². The molecule has 2 aromatic heterocycles. The van der Waals surface area contributed by atoms with Crippen molar-refractivity contribution in [3.8, 4) is 0 Å². The Bertz CT molecular complexity index is 927. The molecule has 1 aliphatic carbocycles. The second-order valence-corrected chi connectivity index (χ2v) is 7.88. The zero-order chi connectivity index (χ0) is 20.4. The van der Waals surface area contributed by atoms with Gasteiger partial charge in [-0.1, -0.05) is 12.1 Å². The van der Waals surface area contributed by atoms with Crippen LogP contribution in [0.4, 0.5) is 13.2 Å². The van der Waals surface area contributed by atoms with E-state index in [1.54, 1.807) is 20.0 Å². The average molecular weight is 398 g/mol. The lowest BCUT2D eigenvalue weighted by molar-refractivity contribution is -0.261. The number of aromatic nitrogens is 3. The van der Waals surface area contributed by atoms with E-state index in [4.69, 9.17) is 4.52 Å². The molecule has 1 amide bonds. The van der Waals surface area contributed by atoms with Gasteiger partial charge in [-0.15, -0.1) is 0 Å². The number of aliphatic hydroxyl groups is 1. The van der Waals surface area contributed by atoms with Gasteiger partial charge >= 0.3 is 6.18 Å². The number of fused-ring (bicyclic) bond motifs is 1. The van der Waals surface area contributed by atoms with Crippen molar-refractivity contribution in [2.45, 2.75) is 56.8 Å². The van der Waals surface area contributed by atoms with Crippen molar-refractivity contribution in [3.05, 3.63) is 34.5 Å². The third kappa shape index (κ3) is 2.90. The summed E-state index contributed by atoms with van der Waals surface area (Å²) in [5.74, 6) is -0.170. The lowest BCUT2D eigenvalue weighted by Gasteiger charge is -2.32. The minimum atomic E-state index is -4.89. The number of hydrogen-bond donors (Lipinski definition) is 1. The Morgan fingerprint density at radius 2 is 2.04 bits per heavy atom. The molecule has 0 aromatic carbocycles. The van der Waals surface area contributed by atoms with Crippen molar-refractivity contribution in [1.29, 1.82) is 0 Å². The van der Waals surface area contributed by atoms with Gasteiger partial charge in [0.15, 0.2) is 5.76 Å². The van der Waals surface area contributed by atoms with E-state index in [9.17, 15) is 23.1 Å². The summed E-state index contributed by atoms with van der Waals surface area (Å²) in [4.78, 5) is 14.5. The Labute approximate surface area is 159 Å². The Balaban J connectivity index is 1.62. The van der Waals surface area contributed by atoms with Crippen molar-refractivity contribution in [1.82, 2.24) is 19.8 Å². The van der Waals surface area contributed by atoms with Crippen molar-refractivity contribution in [2.24, 2.45) is 7.05 Å². The van der Waals surface area contributed by atoms with Crippen LogP contribution in [-0.4, -0.2) is 43.6 Å². The molecule has 0 spiro atoms. The number of alkyl halides is 3. The molecule has 2 aliphatic rings. The van der Waals surface area contributed by atoms with Crippen LogP contribution in [0.25, 0.3) is 0 Å². The first-order valence-electron chi connectivity index (χ1n) is 9.12. The fraction of sp³-hybridized carbons (Fsp3) is 0.611. The van der Waals surface area contributed by atoms with Gasteiger partial charge in [-0.2, -0.15) is 18.3 Å². The number of carbonyl (C=O) groups is 1. The molecule has 1 N–H and O–H groups in total. The first-order chi connectivity index (χ1) is 13.0. The van der Waals surface area contributed by atoms with E-state index in [1.807, 2.05) is 0 Å². The fourth-order valence-corrected chi connectivity index (χ4v) is 3.68. The molecule has 7 nitrogen and oxygen atoms in total. The maximum absolute atomic E-state index is 13.2. The Kier molecular flexibility index (Phi) is 4.11. The van der Waals surface area contributed by atoms with Gasteiger partial charge in [0.25, 0.3) is 5.91 Å². The number of halogens is 3. The molecule has 1 aliphatic heterocycles. The van der Waals surface area contributed by atoms with Crippen LogP contribution in [0.5, 0.6) is 0 Å². The van der Waals surface area contributed by atoms with E-state index in [0.29, 0.717) is 18.5 Å². The van der Waals surface area contributed by atoms with Gasteiger partial charge in [0.1, 0.15) is 11.4 Å². The maximum atomic E-state index is 13.2. The highest BCUT2D eigenvalue weighted by atomic mass is 19.4. The van der Waals surface area contributed by atoms with Crippen LogP contribution in [0.3, 0.4) is 0 Å². The van der Waals surface area contributed by atoms with E-state index in [1.165, 1.54) is 9.58 Å². The van der Waals surface area contributed by atoms with Gasteiger partial charge in [0.2, 0.25) is 5.60 Å². The van der Waals surface area contributed by atoms with Crippen molar-refractivity contribution in [3.63, 3.8) is 0 Å². The normalized spacial score (nSPS) is 22.1. The highest BCUT2D eigenvalue weighted by Gasteiger charge is 2.55. The Morgan fingerprint density at radius 3 is 2.64 bits per heavy atom. The second-order valence-electron chi connectivity index (χ2n) is 7.88. The lowest BCUT2D eigenvalue weighted by atomic mass is 9.87. The molecule has 2 atom stereocenters. The van der Waals surface area contributed by atoms with Crippen LogP contribution in [0.2, 0.25) is 0 Å². The largest absolute Gasteiger partial charge is 0.422 e. The number of carbonyl (C=O) groups excluding carboxylic acids is 1. The Hall–Kier alpha value is -2.36. The van der Waals surface area contributed by atoms with Gasteiger partial charge < -0.3 is 14.5 Å². The topological polar surface area (TPSA) is 84.4 Å².